The highest BCUT2D eigenvalue weighted by molar-refractivity contribution is 5.98. The summed E-state index contributed by atoms with van der Waals surface area (Å²) in [6.45, 7) is 2.58. The van der Waals surface area contributed by atoms with Crippen LogP contribution in [0.4, 0.5) is 5.69 Å². The van der Waals surface area contributed by atoms with Crippen molar-refractivity contribution in [2.75, 3.05) is 24.6 Å². The molecule has 0 amide bonds. The molecule has 0 radical (unpaired) electrons. The first kappa shape index (κ1) is 18.8. The van der Waals surface area contributed by atoms with Crippen LogP contribution in [0.2, 0.25) is 0 Å². The monoisotopic (exact) mass is 418 g/mol. The smallest absolute Gasteiger partial charge is 0.354 e. The molecule has 2 aromatic heterocycles. The second kappa shape index (κ2) is 7.05. The number of piperidine rings is 1. The average Bonchev–Trinajstić information content (AvgIpc) is 3.10. The van der Waals surface area contributed by atoms with Crippen LogP contribution in [0.1, 0.15) is 60.6 Å². The number of rotatable bonds is 4. The molecule has 160 valence electrons. The van der Waals surface area contributed by atoms with Gasteiger partial charge in [-0.25, -0.2) is 14.5 Å². The Balaban J connectivity index is 1.53. The Morgan fingerprint density at radius 3 is 2.45 bits per heavy atom. The SMILES string of the molecule is O=C(O)c1cc(N2CCC3(CCO3)CC2)c2c(C3CCC3)nn(-c3ccccc3)c2n1. The third kappa shape index (κ3) is 3.02. The van der Waals surface area contributed by atoms with Crippen molar-refractivity contribution in [3.8, 4) is 5.69 Å². The number of carboxylic acid groups (broad SMARTS) is 1. The molecule has 0 unspecified atom stereocenters. The first-order valence-electron chi connectivity index (χ1n) is 11.2. The van der Waals surface area contributed by atoms with E-state index in [9.17, 15) is 9.90 Å². The quantitative estimate of drug-likeness (QED) is 0.686. The lowest BCUT2D eigenvalue weighted by Crippen LogP contribution is -2.52. The number of pyridine rings is 1. The van der Waals surface area contributed by atoms with Crippen molar-refractivity contribution in [1.82, 2.24) is 14.8 Å². The van der Waals surface area contributed by atoms with Crippen molar-refractivity contribution in [2.24, 2.45) is 0 Å². The number of hydrogen-bond donors (Lipinski definition) is 1. The summed E-state index contributed by atoms with van der Waals surface area (Å²) in [5.74, 6) is -0.597. The molecule has 2 saturated heterocycles. The van der Waals surface area contributed by atoms with Crippen molar-refractivity contribution >= 4 is 22.7 Å². The molecule has 2 aliphatic heterocycles. The summed E-state index contributed by atoms with van der Waals surface area (Å²) in [6, 6.07) is 11.6. The van der Waals surface area contributed by atoms with Gasteiger partial charge in [0.1, 0.15) is 0 Å². The third-order valence-electron chi connectivity index (χ3n) is 7.34. The molecule has 1 spiro atoms. The summed E-state index contributed by atoms with van der Waals surface area (Å²) < 4.78 is 7.73. The molecule has 7 nitrogen and oxygen atoms in total. The Bertz CT molecular complexity index is 1140. The average molecular weight is 418 g/mol. The van der Waals surface area contributed by atoms with Gasteiger partial charge in [0.05, 0.1) is 34.7 Å². The van der Waals surface area contributed by atoms with Crippen LogP contribution in [0, 0.1) is 0 Å². The van der Waals surface area contributed by atoms with Gasteiger partial charge in [-0.3, -0.25) is 0 Å². The molecule has 31 heavy (non-hydrogen) atoms. The Morgan fingerprint density at radius 2 is 1.87 bits per heavy atom. The molecule has 1 N–H and O–H groups in total. The van der Waals surface area contributed by atoms with Gasteiger partial charge in [0, 0.05) is 19.0 Å². The number of carbonyl (C=O) groups is 1. The minimum atomic E-state index is -1.01. The summed E-state index contributed by atoms with van der Waals surface area (Å²) in [4.78, 5) is 18.9. The topological polar surface area (TPSA) is 80.5 Å². The molecule has 3 fully saturated rings. The first-order valence-corrected chi connectivity index (χ1v) is 11.2. The van der Waals surface area contributed by atoms with E-state index in [1.54, 1.807) is 6.07 Å². The Hall–Kier alpha value is -2.93. The molecule has 0 bridgehead atoms. The molecule has 1 aromatic carbocycles. The highest BCUT2D eigenvalue weighted by Crippen LogP contribution is 2.44. The van der Waals surface area contributed by atoms with Crippen LogP contribution >= 0.6 is 0 Å². The van der Waals surface area contributed by atoms with Gasteiger partial charge in [0.25, 0.3) is 0 Å². The van der Waals surface area contributed by atoms with E-state index >= 15 is 0 Å². The van der Waals surface area contributed by atoms with Crippen LogP contribution in [-0.4, -0.2) is 51.1 Å². The molecular formula is C24H26N4O3. The molecule has 3 aromatic rings. The maximum Gasteiger partial charge on any atom is 0.354 e. The zero-order valence-corrected chi connectivity index (χ0v) is 17.5. The van der Waals surface area contributed by atoms with Crippen LogP contribution in [0.25, 0.3) is 16.7 Å². The summed E-state index contributed by atoms with van der Waals surface area (Å²) in [5, 5.41) is 15.8. The van der Waals surface area contributed by atoms with Gasteiger partial charge in [0.15, 0.2) is 11.3 Å². The van der Waals surface area contributed by atoms with Crippen LogP contribution in [0.15, 0.2) is 36.4 Å². The molecule has 4 heterocycles. The minimum absolute atomic E-state index is 0.0449. The van der Waals surface area contributed by atoms with E-state index in [2.05, 4.69) is 9.88 Å². The zero-order valence-electron chi connectivity index (χ0n) is 17.5. The Labute approximate surface area is 180 Å². The van der Waals surface area contributed by atoms with E-state index in [4.69, 9.17) is 9.84 Å². The fraction of sp³-hybridized carbons (Fsp3) is 0.458. The van der Waals surface area contributed by atoms with E-state index in [1.807, 2.05) is 35.0 Å². The largest absolute Gasteiger partial charge is 0.477 e. The van der Waals surface area contributed by atoms with Gasteiger partial charge in [-0.05, 0) is 50.3 Å². The zero-order chi connectivity index (χ0) is 21.0. The number of aromatic carboxylic acids is 1. The Kier molecular flexibility index (Phi) is 4.28. The molecule has 1 aliphatic carbocycles. The lowest BCUT2D eigenvalue weighted by Gasteiger charge is -2.48. The second-order valence-corrected chi connectivity index (χ2v) is 9.06. The van der Waals surface area contributed by atoms with Gasteiger partial charge in [-0.15, -0.1) is 0 Å². The lowest BCUT2D eigenvalue weighted by molar-refractivity contribution is -0.158. The molecule has 1 saturated carbocycles. The maximum absolute atomic E-state index is 12.0. The van der Waals surface area contributed by atoms with Crippen LogP contribution in [0.3, 0.4) is 0 Å². The van der Waals surface area contributed by atoms with Crippen LogP contribution in [0.5, 0.6) is 0 Å². The third-order valence-corrected chi connectivity index (χ3v) is 7.34. The molecule has 3 aliphatic rings. The molecule has 6 rings (SSSR count). The molecule has 7 heteroatoms. The summed E-state index contributed by atoms with van der Waals surface area (Å²) in [7, 11) is 0. The van der Waals surface area contributed by atoms with Crippen LogP contribution in [-0.2, 0) is 4.74 Å². The molecule has 0 atom stereocenters. The lowest BCUT2D eigenvalue weighted by atomic mass is 9.81. The number of carboxylic acids is 1. The van der Waals surface area contributed by atoms with E-state index in [-0.39, 0.29) is 11.3 Å². The number of hydrogen-bond acceptors (Lipinski definition) is 5. The van der Waals surface area contributed by atoms with Crippen molar-refractivity contribution in [2.45, 2.75) is 50.0 Å². The summed E-state index contributed by atoms with van der Waals surface area (Å²) in [5.41, 5.74) is 3.68. The van der Waals surface area contributed by atoms with Gasteiger partial charge < -0.3 is 14.7 Å². The standard InChI is InChI=1S/C24H26N4O3/c29-23(30)18-15-19(27-12-9-24(10-13-27)11-14-31-24)20-21(16-5-4-6-16)26-28(22(20)25-18)17-7-2-1-3-8-17/h1-3,7-8,15-16H,4-6,9-14H2,(H,29,30). The van der Waals surface area contributed by atoms with Crippen molar-refractivity contribution in [3.05, 3.63) is 47.8 Å². The first-order chi connectivity index (χ1) is 15.1. The number of aromatic nitrogens is 3. The summed E-state index contributed by atoms with van der Waals surface area (Å²) in [6.07, 6.45) is 6.54. The van der Waals surface area contributed by atoms with E-state index in [0.717, 1.165) is 74.3 Å². The second-order valence-electron chi connectivity index (χ2n) is 9.06. The summed E-state index contributed by atoms with van der Waals surface area (Å²) >= 11 is 0. The maximum atomic E-state index is 12.0. The molecular weight excluding hydrogens is 392 g/mol. The highest BCUT2D eigenvalue weighted by Gasteiger charge is 2.42. The minimum Gasteiger partial charge on any atom is -0.477 e. The van der Waals surface area contributed by atoms with E-state index in [1.165, 1.54) is 6.42 Å². The fourth-order valence-corrected chi connectivity index (χ4v) is 5.14. The van der Waals surface area contributed by atoms with E-state index < -0.39 is 5.97 Å². The van der Waals surface area contributed by atoms with Crippen molar-refractivity contribution in [3.63, 3.8) is 0 Å². The van der Waals surface area contributed by atoms with E-state index in [0.29, 0.717) is 11.6 Å². The van der Waals surface area contributed by atoms with Gasteiger partial charge in [0.2, 0.25) is 0 Å². The number of nitrogens with zero attached hydrogens (tertiary/aromatic N) is 4. The van der Waals surface area contributed by atoms with Crippen LogP contribution < -0.4 is 4.90 Å². The van der Waals surface area contributed by atoms with Gasteiger partial charge in [-0.2, -0.15) is 5.10 Å². The Morgan fingerprint density at radius 1 is 1.13 bits per heavy atom. The number of anilines is 1. The fourth-order valence-electron chi connectivity index (χ4n) is 5.14. The predicted molar refractivity (Wildman–Crippen MR) is 117 cm³/mol. The predicted octanol–water partition coefficient (Wildman–Crippen LogP) is 4.15. The number of benzene rings is 1. The number of fused-ring (bicyclic) bond motifs is 1. The number of ether oxygens (including phenoxy) is 1. The normalized spacial score (nSPS) is 20.6. The van der Waals surface area contributed by atoms with Gasteiger partial charge >= 0.3 is 5.97 Å². The highest BCUT2D eigenvalue weighted by atomic mass is 16.5. The van der Waals surface area contributed by atoms with Crippen molar-refractivity contribution in [1.29, 1.82) is 0 Å². The van der Waals surface area contributed by atoms with Crippen molar-refractivity contribution < 1.29 is 14.6 Å². The number of para-hydroxylation sites is 1. The van der Waals surface area contributed by atoms with Gasteiger partial charge in [-0.1, -0.05) is 24.6 Å².